The van der Waals surface area contributed by atoms with E-state index >= 15 is 0 Å². The minimum absolute atomic E-state index is 0.293. The topological polar surface area (TPSA) is 80.6 Å². The molecule has 1 aromatic carbocycles. The van der Waals surface area contributed by atoms with Crippen molar-refractivity contribution in [2.45, 2.75) is 26.8 Å². The van der Waals surface area contributed by atoms with Crippen LogP contribution in [0, 0.1) is 0 Å². The summed E-state index contributed by atoms with van der Waals surface area (Å²) in [5.41, 5.74) is 1.43. The highest BCUT2D eigenvalue weighted by atomic mass is 16.5. The quantitative estimate of drug-likeness (QED) is 0.633. The average molecular weight is 304 g/mol. The summed E-state index contributed by atoms with van der Waals surface area (Å²) in [5, 5.41) is 6.70. The summed E-state index contributed by atoms with van der Waals surface area (Å²) in [4.78, 5) is 23.1. The molecule has 0 saturated carbocycles. The summed E-state index contributed by atoms with van der Waals surface area (Å²) in [5.74, 6) is 0. The molecule has 2 rings (SSSR count). The molecular formula is C16H20N2O4. The first-order valence-electron chi connectivity index (χ1n) is 7.35. The predicted molar refractivity (Wildman–Crippen MR) is 85.1 cm³/mol. The highest BCUT2D eigenvalue weighted by molar-refractivity contribution is 5.89. The zero-order chi connectivity index (χ0) is 15.9. The van der Waals surface area contributed by atoms with E-state index in [0.29, 0.717) is 24.4 Å². The van der Waals surface area contributed by atoms with Crippen LogP contribution in [-0.2, 0) is 11.3 Å². The van der Waals surface area contributed by atoms with Crippen LogP contribution in [0.4, 0.5) is 10.5 Å². The number of benzene rings is 1. The molecule has 6 heteroatoms. The van der Waals surface area contributed by atoms with E-state index in [1.165, 1.54) is 6.07 Å². The Morgan fingerprint density at radius 1 is 1.27 bits per heavy atom. The van der Waals surface area contributed by atoms with E-state index in [4.69, 9.17) is 9.15 Å². The first kappa shape index (κ1) is 16.0. The second-order valence-corrected chi connectivity index (χ2v) is 4.82. The summed E-state index contributed by atoms with van der Waals surface area (Å²) in [6, 6.07) is 6.69. The molecule has 1 amide bonds. The van der Waals surface area contributed by atoms with Crippen LogP contribution in [0.2, 0.25) is 0 Å². The minimum Gasteiger partial charge on any atom is -0.450 e. The Hall–Kier alpha value is -2.34. The van der Waals surface area contributed by atoms with Crippen molar-refractivity contribution in [2.75, 3.05) is 18.5 Å². The molecule has 1 aromatic heterocycles. The van der Waals surface area contributed by atoms with E-state index in [0.717, 1.165) is 23.9 Å². The lowest BCUT2D eigenvalue weighted by Gasteiger charge is -2.09. The number of carbonyl (C=O) groups excluding carboxylic acids is 1. The molecule has 0 radical (unpaired) electrons. The highest BCUT2D eigenvalue weighted by Gasteiger charge is 2.08. The second-order valence-electron chi connectivity index (χ2n) is 4.82. The van der Waals surface area contributed by atoms with E-state index in [1.807, 2.05) is 6.07 Å². The second kappa shape index (κ2) is 7.61. The first-order chi connectivity index (χ1) is 10.6. The van der Waals surface area contributed by atoms with Gasteiger partial charge in [0.2, 0.25) is 0 Å². The standard InChI is InChI=1S/C16H20N2O4/c1-3-7-17-10-11-8-15(19)22-14-9-12(5-6-13(11)14)18-16(20)21-4-2/h5-6,8-9,17H,3-4,7,10H2,1-2H3,(H,18,20). The van der Waals surface area contributed by atoms with Crippen LogP contribution in [0.3, 0.4) is 0 Å². The fourth-order valence-electron chi connectivity index (χ4n) is 2.14. The van der Waals surface area contributed by atoms with E-state index < -0.39 is 11.7 Å². The number of anilines is 1. The van der Waals surface area contributed by atoms with Gasteiger partial charge in [0.05, 0.1) is 6.61 Å². The number of rotatable bonds is 6. The Kier molecular flexibility index (Phi) is 5.55. The van der Waals surface area contributed by atoms with Crippen LogP contribution in [0.15, 0.2) is 33.5 Å². The van der Waals surface area contributed by atoms with Crippen molar-refractivity contribution in [1.29, 1.82) is 0 Å². The number of hydrogen-bond donors (Lipinski definition) is 2. The normalized spacial score (nSPS) is 10.6. The van der Waals surface area contributed by atoms with Gasteiger partial charge in [0.25, 0.3) is 0 Å². The van der Waals surface area contributed by atoms with Gasteiger partial charge in [-0.15, -0.1) is 0 Å². The Bertz CT molecular complexity index is 709. The third-order valence-electron chi connectivity index (χ3n) is 3.09. The maximum Gasteiger partial charge on any atom is 0.411 e. The molecule has 1 heterocycles. The Morgan fingerprint density at radius 3 is 2.82 bits per heavy atom. The van der Waals surface area contributed by atoms with Gasteiger partial charge in [-0.3, -0.25) is 5.32 Å². The Balaban J connectivity index is 2.28. The molecule has 0 unspecified atom stereocenters. The smallest absolute Gasteiger partial charge is 0.411 e. The lowest BCUT2D eigenvalue weighted by atomic mass is 10.1. The summed E-state index contributed by atoms with van der Waals surface area (Å²) < 4.78 is 10.0. The fraction of sp³-hybridized carbons (Fsp3) is 0.375. The lowest BCUT2D eigenvalue weighted by molar-refractivity contribution is 0.168. The Labute approximate surface area is 128 Å². The van der Waals surface area contributed by atoms with Crippen molar-refractivity contribution in [3.63, 3.8) is 0 Å². The van der Waals surface area contributed by atoms with Gasteiger partial charge in [-0.2, -0.15) is 0 Å². The first-order valence-corrected chi connectivity index (χ1v) is 7.35. The lowest BCUT2D eigenvalue weighted by Crippen LogP contribution is -2.16. The predicted octanol–water partition coefficient (Wildman–Crippen LogP) is 2.86. The molecule has 2 aromatic rings. The van der Waals surface area contributed by atoms with Crippen molar-refractivity contribution < 1.29 is 13.9 Å². The van der Waals surface area contributed by atoms with Gasteiger partial charge in [-0.25, -0.2) is 9.59 Å². The Morgan fingerprint density at radius 2 is 2.09 bits per heavy atom. The zero-order valence-corrected chi connectivity index (χ0v) is 12.8. The monoisotopic (exact) mass is 304 g/mol. The van der Waals surface area contributed by atoms with Crippen LogP contribution < -0.4 is 16.3 Å². The van der Waals surface area contributed by atoms with E-state index in [2.05, 4.69) is 17.6 Å². The number of hydrogen-bond acceptors (Lipinski definition) is 5. The maximum absolute atomic E-state index is 11.7. The molecule has 0 spiro atoms. The summed E-state index contributed by atoms with van der Waals surface area (Å²) in [6.45, 7) is 5.58. The van der Waals surface area contributed by atoms with Crippen LogP contribution in [0.1, 0.15) is 25.8 Å². The number of nitrogens with one attached hydrogen (secondary N) is 2. The number of fused-ring (bicyclic) bond motifs is 1. The van der Waals surface area contributed by atoms with E-state index in [1.54, 1.807) is 19.1 Å². The molecular weight excluding hydrogens is 284 g/mol. The largest absolute Gasteiger partial charge is 0.450 e. The van der Waals surface area contributed by atoms with Gasteiger partial charge in [0.15, 0.2) is 0 Å². The molecule has 0 aliphatic heterocycles. The van der Waals surface area contributed by atoms with E-state index in [-0.39, 0.29) is 0 Å². The fourth-order valence-corrected chi connectivity index (χ4v) is 2.14. The van der Waals surface area contributed by atoms with E-state index in [9.17, 15) is 9.59 Å². The van der Waals surface area contributed by atoms with Crippen LogP contribution in [-0.4, -0.2) is 19.2 Å². The van der Waals surface area contributed by atoms with Crippen molar-refractivity contribution in [3.8, 4) is 0 Å². The van der Waals surface area contributed by atoms with Crippen molar-refractivity contribution in [2.24, 2.45) is 0 Å². The van der Waals surface area contributed by atoms with Crippen molar-refractivity contribution >= 4 is 22.7 Å². The average Bonchev–Trinajstić information content (AvgIpc) is 2.47. The molecule has 2 N–H and O–H groups in total. The van der Waals surface area contributed by atoms with Crippen LogP contribution >= 0.6 is 0 Å². The van der Waals surface area contributed by atoms with Crippen LogP contribution in [0.5, 0.6) is 0 Å². The zero-order valence-electron chi connectivity index (χ0n) is 12.8. The molecule has 0 saturated heterocycles. The molecule has 0 atom stereocenters. The van der Waals surface area contributed by atoms with Gasteiger partial charge in [-0.05, 0) is 37.6 Å². The third kappa shape index (κ3) is 4.08. The highest BCUT2D eigenvalue weighted by Crippen LogP contribution is 2.21. The van der Waals surface area contributed by atoms with Crippen molar-refractivity contribution in [1.82, 2.24) is 5.32 Å². The molecule has 22 heavy (non-hydrogen) atoms. The van der Waals surface area contributed by atoms with Gasteiger partial charge < -0.3 is 14.5 Å². The minimum atomic E-state index is -0.537. The SMILES string of the molecule is CCCNCc1cc(=O)oc2cc(NC(=O)OCC)ccc12. The molecule has 6 nitrogen and oxygen atoms in total. The molecule has 0 aliphatic rings. The number of ether oxygens (including phenoxy) is 1. The summed E-state index contributed by atoms with van der Waals surface area (Å²) >= 11 is 0. The van der Waals surface area contributed by atoms with Crippen molar-refractivity contribution in [3.05, 3.63) is 40.2 Å². The summed E-state index contributed by atoms with van der Waals surface area (Å²) in [6.07, 6.45) is 0.484. The van der Waals surface area contributed by atoms with Gasteiger partial charge in [-0.1, -0.05) is 6.92 Å². The number of carbonyl (C=O) groups is 1. The summed E-state index contributed by atoms with van der Waals surface area (Å²) in [7, 11) is 0. The molecule has 0 aliphatic carbocycles. The van der Waals surface area contributed by atoms with Gasteiger partial charge in [0.1, 0.15) is 5.58 Å². The van der Waals surface area contributed by atoms with Crippen LogP contribution in [0.25, 0.3) is 11.0 Å². The van der Waals surface area contributed by atoms with Gasteiger partial charge >= 0.3 is 11.7 Å². The third-order valence-corrected chi connectivity index (χ3v) is 3.09. The number of amides is 1. The molecule has 0 bridgehead atoms. The maximum atomic E-state index is 11.7. The molecule has 0 fully saturated rings. The molecule has 118 valence electrons. The van der Waals surface area contributed by atoms with Gasteiger partial charge in [0, 0.05) is 29.8 Å².